The lowest BCUT2D eigenvalue weighted by Gasteiger charge is -2.28. The van der Waals surface area contributed by atoms with Crippen LogP contribution in [0.15, 0.2) is 6.33 Å². The number of ether oxygens (including phenoxy) is 3. The van der Waals surface area contributed by atoms with Crippen LogP contribution in [0.25, 0.3) is 11.2 Å². The van der Waals surface area contributed by atoms with E-state index >= 15 is 4.39 Å². The number of carbonyl (C=O) groups excluding carboxylic acids is 2. The largest absolute Gasteiger partial charge is 0.476 e. The Balaban J connectivity index is 1.78. The second-order valence-corrected chi connectivity index (χ2v) is 16.0. The third-order valence-corrected chi connectivity index (χ3v) is 10.3. The van der Waals surface area contributed by atoms with Crippen LogP contribution in [-0.2, 0) is 39.9 Å². The first kappa shape index (κ1) is 36.8. The first-order valence-electron chi connectivity index (χ1n) is 13.8. The van der Waals surface area contributed by atoms with Crippen LogP contribution in [0.3, 0.4) is 0 Å². The van der Waals surface area contributed by atoms with E-state index in [9.17, 15) is 14.7 Å². The minimum absolute atomic E-state index is 0.00765. The molecule has 19 heteroatoms. The van der Waals surface area contributed by atoms with Crippen molar-refractivity contribution in [1.82, 2.24) is 24.6 Å². The van der Waals surface area contributed by atoms with E-state index in [1.807, 2.05) is 0 Å². The molecule has 0 radical (unpaired) electrons. The Morgan fingerprint density at radius 2 is 2.02 bits per heavy atom. The number of imidazole rings is 1. The summed E-state index contributed by atoms with van der Waals surface area (Å²) in [6.07, 6.45) is -4.02. The van der Waals surface area contributed by atoms with Gasteiger partial charge in [-0.3, -0.25) is 14.2 Å². The van der Waals surface area contributed by atoms with Crippen molar-refractivity contribution in [2.24, 2.45) is 5.41 Å². The van der Waals surface area contributed by atoms with Gasteiger partial charge in [0.05, 0.1) is 32.3 Å². The number of hydrogen-bond donors (Lipinski definition) is 3. The second kappa shape index (κ2) is 14.8. The number of esters is 1. The third-order valence-electron chi connectivity index (χ3n) is 5.98. The highest BCUT2D eigenvalue weighted by Crippen LogP contribution is 2.49. The van der Waals surface area contributed by atoms with Crippen LogP contribution < -0.4 is 15.6 Å². The Morgan fingerprint density at radius 3 is 2.64 bits per heavy atom. The molecule has 3 heterocycles. The summed E-state index contributed by atoms with van der Waals surface area (Å²) in [6.45, 7) is 8.33. The van der Waals surface area contributed by atoms with E-state index in [0.29, 0.717) is 0 Å². The van der Waals surface area contributed by atoms with Gasteiger partial charge in [0.2, 0.25) is 11.8 Å². The number of hydrogen-bond acceptors (Lipinski definition) is 14. The van der Waals surface area contributed by atoms with E-state index in [1.54, 1.807) is 41.5 Å². The monoisotopic (exact) mass is 700 g/mol. The fraction of sp³-hybridized carbons (Fsp3) is 0.720. The van der Waals surface area contributed by atoms with Crippen molar-refractivity contribution in [2.45, 2.75) is 84.2 Å². The van der Waals surface area contributed by atoms with Gasteiger partial charge in [-0.05, 0) is 39.5 Å². The van der Waals surface area contributed by atoms with Crippen molar-refractivity contribution in [1.29, 1.82) is 0 Å². The average Bonchev–Trinajstić information content (AvgIpc) is 3.42. The van der Waals surface area contributed by atoms with Crippen molar-refractivity contribution in [3.05, 3.63) is 6.33 Å². The van der Waals surface area contributed by atoms with Crippen LogP contribution in [0.2, 0.25) is 0 Å². The third kappa shape index (κ3) is 8.97. The van der Waals surface area contributed by atoms with Crippen molar-refractivity contribution >= 4 is 70.0 Å². The van der Waals surface area contributed by atoms with Gasteiger partial charge in [-0.15, -0.1) is 0 Å². The number of aliphatic hydroxyl groups excluding tert-OH is 1. The van der Waals surface area contributed by atoms with Gasteiger partial charge in [0.25, 0.3) is 11.8 Å². The number of nitrogen functional groups attached to an aromatic ring is 1. The number of nitrogens with two attached hydrogens (primary N) is 1. The molecule has 2 unspecified atom stereocenters. The lowest BCUT2D eigenvalue weighted by atomic mass is 10.00. The SMILES string of the molecule is CCOc1nc(N)nc2c1ncn2[C@@H]1O[C@H](COP(=S)(NC(C)C(=O)OC(C)C)OCCSC(=O)C(C)(C)C)[C@@H](O)[C@]1(F)Cl. The summed E-state index contributed by atoms with van der Waals surface area (Å²) in [5.74, 6) is -0.412. The maximum absolute atomic E-state index is 15.9. The van der Waals surface area contributed by atoms with E-state index in [-0.39, 0.29) is 53.2 Å². The molecule has 0 spiro atoms. The van der Waals surface area contributed by atoms with Gasteiger partial charge in [-0.2, -0.15) is 9.97 Å². The molecule has 2 aromatic heterocycles. The van der Waals surface area contributed by atoms with E-state index in [0.717, 1.165) is 11.8 Å². The predicted octanol–water partition coefficient (Wildman–Crippen LogP) is 3.46. The molecule has 0 aromatic carbocycles. The minimum Gasteiger partial charge on any atom is -0.476 e. The van der Waals surface area contributed by atoms with E-state index in [1.165, 1.54) is 17.8 Å². The topological polar surface area (TPSA) is 182 Å². The van der Waals surface area contributed by atoms with Crippen LogP contribution in [0.4, 0.5) is 10.3 Å². The highest BCUT2D eigenvalue weighted by atomic mass is 35.5. The molecule has 0 aliphatic carbocycles. The number of alkyl halides is 2. The van der Waals surface area contributed by atoms with Gasteiger partial charge >= 0.3 is 5.97 Å². The van der Waals surface area contributed by atoms with Crippen LogP contribution in [-0.4, -0.2) is 90.8 Å². The molecule has 248 valence electrons. The maximum atomic E-state index is 15.9. The van der Waals surface area contributed by atoms with Crippen molar-refractivity contribution in [3.63, 3.8) is 0 Å². The molecular formula is C25H39ClFN6O8PS2. The standard InChI is InChI=1S/C25H39ClFN6O8PS2/c1-8-37-19-16-18(30-23(28)31-19)33(12-29-16)21-25(26,27)17(34)15(41-21)11-39-42(43,32-14(4)20(35)40-13(2)3)38-9-10-44-22(36)24(5,6)7/h12-15,17,21,34H,8-11H2,1-7H3,(H,32,43)(H2,28,30,31)/t14?,15-,17-,21-,25-,42?/m1/s1. The molecule has 1 fully saturated rings. The first-order valence-corrected chi connectivity index (χ1v) is 17.8. The predicted molar refractivity (Wildman–Crippen MR) is 167 cm³/mol. The summed E-state index contributed by atoms with van der Waals surface area (Å²) in [6, 6.07) is -0.940. The number of aromatic nitrogens is 4. The number of thioether (sulfide) groups is 1. The fourth-order valence-electron chi connectivity index (χ4n) is 3.84. The van der Waals surface area contributed by atoms with Gasteiger partial charge < -0.3 is 34.1 Å². The molecule has 2 aromatic rings. The van der Waals surface area contributed by atoms with Crippen LogP contribution in [0.1, 0.15) is 54.7 Å². The van der Waals surface area contributed by atoms with E-state index < -0.39 is 54.2 Å². The number of fused-ring (bicyclic) bond motifs is 1. The van der Waals surface area contributed by atoms with Crippen LogP contribution >= 0.6 is 30.0 Å². The first-order chi connectivity index (χ1) is 20.4. The summed E-state index contributed by atoms with van der Waals surface area (Å²) in [5, 5.41) is 10.8. The van der Waals surface area contributed by atoms with Gasteiger partial charge in [0.1, 0.15) is 18.2 Å². The molecule has 1 aliphatic rings. The zero-order valence-electron chi connectivity index (χ0n) is 25.5. The number of anilines is 1. The molecule has 0 bridgehead atoms. The van der Waals surface area contributed by atoms with Crippen LogP contribution in [0, 0.1) is 5.41 Å². The highest BCUT2D eigenvalue weighted by Gasteiger charge is 2.58. The van der Waals surface area contributed by atoms with Gasteiger partial charge in [-0.1, -0.05) is 44.1 Å². The molecule has 4 N–H and O–H groups in total. The number of nitrogens with one attached hydrogen (secondary N) is 1. The normalized spacial score (nSPS) is 24.4. The quantitative estimate of drug-likeness (QED) is 0.113. The smallest absolute Gasteiger partial charge is 0.323 e. The number of aliphatic hydroxyl groups is 1. The number of carbonyl (C=O) groups is 2. The highest BCUT2D eigenvalue weighted by molar-refractivity contribution is 8.13. The zero-order valence-corrected chi connectivity index (χ0v) is 28.8. The zero-order chi connectivity index (χ0) is 33.0. The summed E-state index contributed by atoms with van der Waals surface area (Å²) < 4.78 is 45.3. The number of nitrogens with zero attached hydrogens (tertiary/aromatic N) is 4. The Labute approximate surface area is 269 Å². The number of halogens is 2. The Hall–Kier alpha value is -1.69. The summed E-state index contributed by atoms with van der Waals surface area (Å²) >= 11 is 12.9. The molecule has 3 rings (SSSR count). The lowest BCUT2D eigenvalue weighted by molar-refractivity contribution is -0.149. The van der Waals surface area contributed by atoms with Crippen molar-refractivity contribution < 1.29 is 42.3 Å². The molecule has 6 atom stereocenters. The maximum Gasteiger partial charge on any atom is 0.323 e. The minimum atomic E-state index is -3.51. The fourth-order valence-corrected chi connectivity index (χ4v) is 7.40. The molecular weight excluding hydrogens is 662 g/mol. The average molecular weight is 701 g/mol. The van der Waals surface area contributed by atoms with E-state index in [4.69, 9.17) is 52.4 Å². The molecule has 0 saturated carbocycles. The second-order valence-electron chi connectivity index (χ2n) is 11.1. The Morgan fingerprint density at radius 1 is 1.34 bits per heavy atom. The lowest BCUT2D eigenvalue weighted by Crippen LogP contribution is -2.39. The van der Waals surface area contributed by atoms with Crippen molar-refractivity contribution in [3.8, 4) is 5.88 Å². The molecule has 1 aliphatic heterocycles. The molecule has 1 saturated heterocycles. The van der Waals surface area contributed by atoms with Gasteiger partial charge in [0, 0.05) is 11.2 Å². The van der Waals surface area contributed by atoms with E-state index in [2.05, 4.69) is 20.0 Å². The summed E-state index contributed by atoms with van der Waals surface area (Å²) in [5.41, 5.74) is 5.51. The molecule has 0 amide bonds. The van der Waals surface area contributed by atoms with Crippen LogP contribution in [0.5, 0.6) is 5.88 Å². The Kier molecular flexibility index (Phi) is 12.4. The summed E-state index contributed by atoms with van der Waals surface area (Å²) in [7, 11) is 0. The molecule has 44 heavy (non-hydrogen) atoms. The summed E-state index contributed by atoms with van der Waals surface area (Å²) in [4.78, 5) is 37.1. The van der Waals surface area contributed by atoms with Gasteiger partial charge in [0.15, 0.2) is 22.5 Å². The molecule has 14 nitrogen and oxygen atoms in total. The van der Waals surface area contributed by atoms with Gasteiger partial charge in [-0.25, -0.2) is 14.5 Å². The Bertz CT molecular complexity index is 1380. The van der Waals surface area contributed by atoms with Crippen molar-refractivity contribution in [2.75, 3.05) is 31.3 Å². The number of rotatable bonds is 14.